The molecule has 0 rings (SSSR count). The SMILES string of the molecule is O=[P+]([O-])[O-].[CH2-]CCCCCCCCC.[Ni+3]. The average Bonchev–Trinajstić information content (AvgIpc) is 2.10. The molecular formula is C10H21NiO3P+. The van der Waals surface area contributed by atoms with Gasteiger partial charge in [0, 0.05) is 0 Å². The van der Waals surface area contributed by atoms with Gasteiger partial charge in [-0.1, -0.05) is 56.4 Å². The topological polar surface area (TPSA) is 63.2 Å². The van der Waals surface area contributed by atoms with Gasteiger partial charge in [-0.15, -0.1) is 0 Å². The van der Waals surface area contributed by atoms with Gasteiger partial charge in [-0.2, -0.15) is 6.42 Å². The monoisotopic (exact) mass is 278 g/mol. The van der Waals surface area contributed by atoms with Crippen LogP contribution in [0.2, 0.25) is 0 Å². The second-order valence-electron chi connectivity index (χ2n) is 3.20. The molecule has 0 atom stereocenters. The molecule has 0 saturated heterocycles. The molecule has 0 amide bonds. The first-order chi connectivity index (χ1) is 6.65. The van der Waals surface area contributed by atoms with Crippen molar-refractivity contribution < 1.29 is 30.8 Å². The van der Waals surface area contributed by atoms with Gasteiger partial charge in [0.15, 0.2) is 0 Å². The molecule has 0 aromatic carbocycles. The standard InChI is InChI=1S/C10H21.Ni.HO3P/c1-3-5-7-9-10-8-6-4-2;;1-4(2)3/h1,3-10H2,2H3;;(H,1,2,3)/q-1;+3;/p-1. The Morgan fingerprint density at radius 1 is 1.00 bits per heavy atom. The van der Waals surface area contributed by atoms with Crippen LogP contribution in [0.15, 0.2) is 0 Å². The molecule has 3 nitrogen and oxygen atoms in total. The number of unbranched alkanes of at least 4 members (excludes halogenated alkanes) is 7. The summed E-state index contributed by atoms with van der Waals surface area (Å²) in [6.07, 6.45) is 10.9. The summed E-state index contributed by atoms with van der Waals surface area (Å²) in [6.45, 7) is 6.08. The number of hydrogen-bond acceptors (Lipinski definition) is 3. The smallest absolute Gasteiger partial charge is 0.598 e. The van der Waals surface area contributed by atoms with E-state index in [4.69, 9.17) is 14.4 Å². The minimum Gasteiger partial charge on any atom is -0.598 e. The Kier molecular flexibility index (Phi) is 27.8. The van der Waals surface area contributed by atoms with Gasteiger partial charge in [0.1, 0.15) is 0 Å². The minimum absolute atomic E-state index is 0. The van der Waals surface area contributed by atoms with Crippen molar-refractivity contribution in [1.29, 1.82) is 0 Å². The molecule has 5 heteroatoms. The summed E-state index contributed by atoms with van der Waals surface area (Å²) in [5.74, 6) is 0. The van der Waals surface area contributed by atoms with Gasteiger partial charge in [0.2, 0.25) is 0 Å². The summed E-state index contributed by atoms with van der Waals surface area (Å²) in [7, 11) is -3.37. The zero-order chi connectivity index (χ0) is 11.2. The average molecular weight is 279 g/mol. The van der Waals surface area contributed by atoms with E-state index >= 15 is 0 Å². The van der Waals surface area contributed by atoms with Crippen LogP contribution in [0.4, 0.5) is 0 Å². The van der Waals surface area contributed by atoms with Gasteiger partial charge in [-0.3, -0.25) is 0 Å². The molecule has 0 aromatic rings. The van der Waals surface area contributed by atoms with Crippen LogP contribution >= 0.6 is 8.25 Å². The van der Waals surface area contributed by atoms with Gasteiger partial charge < -0.3 is 16.7 Å². The van der Waals surface area contributed by atoms with Crippen molar-refractivity contribution in [2.45, 2.75) is 58.3 Å². The van der Waals surface area contributed by atoms with Gasteiger partial charge in [0.25, 0.3) is 8.25 Å². The van der Waals surface area contributed by atoms with Crippen molar-refractivity contribution in [2.75, 3.05) is 0 Å². The van der Waals surface area contributed by atoms with Crippen LogP contribution in [-0.2, 0) is 21.1 Å². The molecule has 0 aromatic heterocycles. The molecule has 15 heavy (non-hydrogen) atoms. The maximum Gasteiger partial charge on any atom is 3.00 e. The first kappa shape index (κ1) is 20.9. The van der Waals surface area contributed by atoms with E-state index < -0.39 is 8.25 Å². The van der Waals surface area contributed by atoms with Gasteiger partial charge in [-0.05, 0) is 0 Å². The summed E-state index contributed by atoms with van der Waals surface area (Å²) >= 11 is 0. The molecule has 0 aliphatic heterocycles. The summed E-state index contributed by atoms with van der Waals surface area (Å²) in [6, 6.07) is 0. The van der Waals surface area contributed by atoms with Crippen molar-refractivity contribution in [3.05, 3.63) is 6.92 Å². The second-order valence-corrected chi connectivity index (χ2v) is 3.65. The van der Waals surface area contributed by atoms with Crippen LogP contribution in [0.25, 0.3) is 0 Å². The largest absolute Gasteiger partial charge is 3.00 e. The molecular weight excluding hydrogens is 258 g/mol. The maximum absolute atomic E-state index is 8.48. The van der Waals surface area contributed by atoms with E-state index in [1.165, 1.54) is 44.9 Å². The molecule has 0 aliphatic rings. The quantitative estimate of drug-likeness (QED) is 0.311. The van der Waals surface area contributed by atoms with Gasteiger partial charge in [0.05, 0.1) is 0 Å². The Balaban J connectivity index is -0.000000249. The Hall–Kier alpha value is 0.514. The van der Waals surface area contributed by atoms with Gasteiger partial charge >= 0.3 is 16.5 Å². The van der Waals surface area contributed by atoms with Crippen molar-refractivity contribution in [1.82, 2.24) is 0 Å². The first-order valence-corrected chi connectivity index (χ1v) is 6.35. The van der Waals surface area contributed by atoms with Crippen LogP contribution in [0.1, 0.15) is 58.3 Å². The van der Waals surface area contributed by atoms with Crippen molar-refractivity contribution in [3.8, 4) is 0 Å². The summed E-state index contributed by atoms with van der Waals surface area (Å²) in [5, 5.41) is 0. The zero-order valence-corrected chi connectivity index (χ0v) is 11.2. The third kappa shape index (κ3) is 40.3. The van der Waals surface area contributed by atoms with E-state index in [0.717, 1.165) is 6.42 Å². The van der Waals surface area contributed by atoms with Crippen molar-refractivity contribution in [3.63, 3.8) is 0 Å². The van der Waals surface area contributed by atoms with E-state index in [1.54, 1.807) is 0 Å². The third-order valence-corrected chi connectivity index (χ3v) is 1.85. The summed E-state index contributed by atoms with van der Waals surface area (Å²) in [5.41, 5.74) is 0. The van der Waals surface area contributed by atoms with Crippen molar-refractivity contribution >= 4 is 8.25 Å². The summed E-state index contributed by atoms with van der Waals surface area (Å²) in [4.78, 5) is 17.0. The minimum atomic E-state index is -3.37. The molecule has 1 radical (unpaired) electrons. The molecule has 93 valence electrons. The van der Waals surface area contributed by atoms with Crippen LogP contribution < -0.4 is 9.79 Å². The summed E-state index contributed by atoms with van der Waals surface area (Å²) < 4.78 is 8.48. The second kappa shape index (κ2) is 20.0. The zero-order valence-electron chi connectivity index (χ0n) is 9.35. The molecule has 0 spiro atoms. The fraction of sp³-hybridized carbons (Fsp3) is 0.900. The predicted octanol–water partition coefficient (Wildman–Crippen LogP) is 2.32. The molecule has 0 aliphatic carbocycles. The van der Waals surface area contributed by atoms with Crippen LogP contribution in [0, 0.1) is 6.92 Å². The fourth-order valence-electron chi connectivity index (χ4n) is 1.13. The Morgan fingerprint density at radius 3 is 1.67 bits per heavy atom. The molecule has 0 bridgehead atoms. The molecule has 0 heterocycles. The predicted molar refractivity (Wildman–Crippen MR) is 55.6 cm³/mol. The van der Waals surface area contributed by atoms with Crippen LogP contribution in [-0.4, -0.2) is 0 Å². The number of hydrogen-bond donors (Lipinski definition) is 0. The third-order valence-electron chi connectivity index (χ3n) is 1.85. The first-order valence-electron chi connectivity index (χ1n) is 5.25. The molecule has 0 N–H and O–H groups in total. The Bertz CT molecular complexity index is 111. The van der Waals surface area contributed by atoms with E-state index in [-0.39, 0.29) is 16.5 Å². The van der Waals surface area contributed by atoms with E-state index in [0.29, 0.717) is 0 Å². The fourth-order valence-corrected chi connectivity index (χ4v) is 1.13. The molecule has 0 saturated carbocycles. The van der Waals surface area contributed by atoms with Crippen molar-refractivity contribution in [2.24, 2.45) is 0 Å². The van der Waals surface area contributed by atoms with E-state index in [2.05, 4.69) is 13.8 Å². The number of rotatable bonds is 7. The Labute approximate surface area is 105 Å². The van der Waals surface area contributed by atoms with Crippen LogP contribution in [0.5, 0.6) is 0 Å². The molecule has 0 unspecified atom stereocenters. The Morgan fingerprint density at radius 2 is 1.33 bits per heavy atom. The van der Waals surface area contributed by atoms with Crippen LogP contribution in [0.3, 0.4) is 0 Å². The van der Waals surface area contributed by atoms with E-state index in [9.17, 15) is 0 Å². The maximum atomic E-state index is 8.48. The normalized spacial score (nSPS) is 8.53. The molecule has 0 fully saturated rings. The van der Waals surface area contributed by atoms with Gasteiger partial charge in [-0.25, -0.2) is 0 Å². The van der Waals surface area contributed by atoms with E-state index in [1.807, 2.05) is 0 Å².